The van der Waals surface area contributed by atoms with Gasteiger partial charge < -0.3 is 14.5 Å². The maximum Gasteiger partial charge on any atom is 0.230 e. The summed E-state index contributed by atoms with van der Waals surface area (Å²) in [7, 11) is 1.59. The van der Waals surface area contributed by atoms with Gasteiger partial charge in [-0.1, -0.05) is 12.1 Å². The highest BCUT2D eigenvalue weighted by molar-refractivity contribution is 7.15. The second-order valence-electron chi connectivity index (χ2n) is 6.28. The van der Waals surface area contributed by atoms with Crippen LogP contribution in [0.3, 0.4) is 0 Å². The second-order valence-corrected chi connectivity index (χ2v) is 7.40. The van der Waals surface area contributed by atoms with Gasteiger partial charge in [-0.15, -0.1) is 11.3 Å². The molecule has 0 aliphatic rings. The number of hydrogen-bond donors (Lipinski definition) is 1. The van der Waals surface area contributed by atoms with Gasteiger partial charge >= 0.3 is 0 Å². The molecule has 0 aliphatic heterocycles. The van der Waals surface area contributed by atoms with E-state index in [2.05, 4.69) is 10.3 Å². The first kappa shape index (κ1) is 18.2. The molecule has 0 bridgehead atoms. The third-order valence-electron chi connectivity index (χ3n) is 4.31. The summed E-state index contributed by atoms with van der Waals surface area (Å²) in [4.78, 5) is 17.6. The Morgan fingerprint density at radius 1 is 1.25 bits per heavy atom. The highest BCUT2D eigenvalue weighted by atomic mass is 32.1. The van der Waals surface area contributed by atoms with Crippen molar-refractivity contribution < 1.29 is 18.3 Å². The van der Waals surface area contributed by atoms with Crippen LogP contribution in [-0.4, -0.2) is 18.0 Å². The van der Waals surface area contributed by atoms with Crippen molar-refractivity contribution in [3.63, 3.8) is 0 Å². The molecule has 1 amide bonds. The molecule has 0 saturated carbocycles. The number of anilines is 1. The number of ether oxygens (including phenoxy) is 1. The number of nitrogens with one attached hydrogen (secondary N) is 1. The first-order chi connectivity index (χ1) is 13.6. The average Bonchev–Trinajstić information content (AvgIpc) is 3.30. The Kier molecular flexibility index (Phi) is 5.08. The number of carbonyl (C=O) groups is 1. The van der Waals surface area contributed by atoms with Crippen molar-refractivity contribution in [1.82, 2.24) is 4.98 Å². The van der Waals surface area contributed by atoms with E-state index in [1.54, 1.807) is 37.8 Å². The molecule has 0 fully saturated rings. The van der Waals surface area contributed by atoms with E-state index in [0.29, 0.717) is 22.9 Å². The molecule has 5 nitrogen and oxygen atoms in total. The smallest absolute Gasteiger partial charge is 0.230 e. The number of thiazole rings is 1. The number of methoxy groups -OCH3 is 1. The van der Waals surface area contributed by atoms with Crippen LogP contribution < -0.4 is 10.1 Å². The van der Waals surface area contributed by atoms with Gasteiger partial charge in [-0.2, -0.15) is 0 Å². The molecule has 142 valence electrons. The highest BCUT2D eigenvalue weighted by Crippen LogP contribution is 2.26. The molecule has 0 saturated heterocycles. The minimum atomic E-state index is -0.258. The first-order valence-corrected chi connectivity index (χ1v) is 9.45. The van der Waals surface area contributed by atoms with E-state index in [-0.39, 0.29) is 18.1 Å². The van der Waals surface area contributed by atoms with Gasteiger partial charge in [0.2, 0.25) is 5.91 Å². The number of rotatable bonds is 6. The fourth-order valence-corrected chi connectivity index (χ4v) is 3.78. The quantitative estimate of drug-likeness (QED) is 0.508. The van der Waals surface area contributed by atoms with Crippen LogP contribution in [0.15, 0.2) is 59.3 Å². The number of furan rings is 1. The molecule has 7 heteroatoms. The molecule has 4 aromatic rings. The third kappa shape index (κ3) is 4.04. The number of hydrogen-bond acceptors (Lipinski definition) is 5. The van der Waals surface area contributed by atoms with Crippen LogP contribution in [0.4, 0.5) is 9.52 Å². The largest absolute Gasteiger partial charge is 0.497 e. The number of halogens is 1. The van der Waals surface area contributed by atoms with Crippen molar-refractivity contribution in [2.75, 3.05) is 12.4 Å². The van der Waals surface area contributed by atoms with Crippen molar-refractivity contribution in [2.24, 2.45) is 0 Å². The van der Waals surface area contributed by atoms with Crippen LogP contribution in [0.25, 0.3) is 11.0 Å². The molecule has 0 unspecified atom stereocenters. The van der Waals surface area contributed by atoms with E-state index in [1.807, 2.05) is 12.1 Å². The SMILES string of the molecule is COc1ccc2c(CC(=O)Nc3ncc(Cc4ccc(F)cc4)s3)coc2c1. The van der Waals surface area contributed by atoms with Gasteiger partial charge in [0, 0.05) is 34.5 Å². The monoisotopic (exact) mass is 396 g/mol. The Labute approximate surface area is 164 Å². The summed E-state index contributed by atoms with van der Waals surface area (Å²) in [6.07, 6.45) is 4.14. The minimum Gasteiger partial charge on any atom is -0.497 e. The topological polar surface area (TPSA) is 64.4 Å². The van der Waals surface area contributed by atoms with Crippen LogP contribution in [-0.2, 0) is 17.6 Å². The maximum atomic E-state index is 13.0. The fourth-order valence-electron chi connectivity index (χ4n) is 2.91. The standard InChI is InChI=1S/C21H17FN2O3S/c1-26-16-6-7-18-14(12-27-19(18)10-16)9-20(25)24-21-23-11-17(28-21)8-13-2-4-15(22)5-3-13/h2-7,10-12H,8-9H2,1H3,(H,23,24,25). The second kappa shape index (κ2) is 7.82. The molecular weight excluding hydrogens is 379 g/mol. The number of aromatic nitrogens is 1. The number of benzene rings is 2. The number of amides is 1. The first-order valence-electron chi connectivity index (χ1n) is 8.64. The lowest BCUT2D eigenvalue weighted by Gasteiger charge is -2.01. The molecular formula is C21H17FN2O3S. The Bertz CT molecular complexity index is 1120. The van der Waals surface area contributed by atoms with E-state index in [4.69, 9.17) is 9.15 Å². The molecule has 28 heavy (non-hydrogen) atoms. The van der Waals surface area contributed by atoms with Crippen LogP contribution in [0.2, 0.25) is 0 Å². The summed E-state index contributed by atoms with van der Waals surface area (Å²) in [6, 6.07) is 11.9. The average molecular weight is 396 g/mol. The molecule has 4 rings (SSSR count). The van der Waals surface area contributed by atoms with Gasteiger partial charge in [-0.25, -0.2) is 9.37 Å². The van der Waals surface area contributed by atoms with Crippen molar-refractivity contribution in [3.8, 4) is 5.75 Å². The number of carbonyl (C=O) groups excluding carboxylic acids is 1. The van der Waals surface area contributed by atoms with Gasteiger partial charge in [0.05, 0.1) is 19.8 Å². The summed E-state index contributed by atoms with van der Waals surface area (Å²) in [5.41, 5.74) is 2.47. The van der Waals surface area contributed by atoms with Gasteiger partial charge in [0.25, 0.3) is 0 Å². The molecule has 2 aromatic carbocycles. The van der Waals surface area contributed by atoms with Crippen molar-refractivity contribution in [3.05, 3.63) is 76.7 Å². The zero-order valence-corrected chi connectivity index (χ0v) is 15.9. The van der Waals surface area contributed by atoms with E-state index in [0.717, 1.165) is 21.4 Å². The summed E-state index contributed by atoms with van der Waals surface area (Å²) in [5.74, 6) is 0.279. The Hall–Kier alpha value is -3.19. The molecule has 0 aliphatic carbocycles. The molecule has 0 spiro atoms. The normalized spacial score (nSPS) is 10.9. The maximum absolute atomic E-state index is 13.0. The van der Waals surface area contributed by atoms with E-state index in [1.165, 1.54) is 23.5 Å². The Morgan fingerprint density at radius 3 is 2.86 bits per heavy atom. The van der Waals surface area contributed by atoms with Crippen molar-refractivity contribution >= 4 is 33.3 Å². The summed E-state index contributed by atoms with van der Waals surface area (Å²) in [5, 5.41) is 4.24. The molecule has 2 aromatic heterocycles. The van der Waals surface area contributed by atoms with Crippen LogP contribution in [0.1, 0.15) is 16.0 Å². The fraction of sp³-hybridized carbons (Fsp3) is 0.143. The van der Waals surface area contributed by atoms with Crippen molar-refractivity contribution in [2.45, 2.75) is 12.8 Å². The highest BCUT2D eigenvalue weighted by Gasteiger charge is 2.13. The van der Waals surface area contributed by atoms with Crippen LogP contribution in [0, 0.1) is 5.82 Å². The lowest BCUT2D eigenvalue weighted by Crippen LogP contribution is -2.13. The van der Waals surface area contributed by atoms with E-state index in [9.17, 15) is 9.18 Å². The lowest BCUT2D eigenvalue weighted by molar-refractivity contribution is -0.115. The Balaban J connectivity index is 1.40. The Morgan fingerprint density at radius 2 is 2.07 bits per heavy atom. The number of fused-ring (bicyclic) bond motifs is 1. The van der Waals surface area contributed by atoms with Crippen LogP contribution >= 0.6 is 11.3 Å². The van der Waals surface area contributed by atoms with Crippen molar-refractivity contribution in [1.29, 1.82) is 0 Å². The van der Waals surface area contributed by atoms with E-state index >= 15 is 0 Å². The van der Waals surface area contributed by atoms with Crippen LogP contribution in [0.5, 0.6) is 5.75 Å². The predicted octanol–water partition coefficient (Wildman–Crippen LogP) is 4.81. The molecule has 2 heterocycles. The summed E-state index contributed by atoms with van der Waals surface area (Å²) in [6.45, 7) is 0. The predicted molar refractivity (Wildman–Crippen MR) is 106 cm³/mol. The molecule has 0 atom stereocenters. The third-order valence-corrected chi connectivity index (χ3v) is 5.22. The minimum absolute atomic E-state index is 0.166. The molecule has 0 radical (unpaired) electrons. The number of nitrogens with zero attached hydrogens (tertiary/aromatic N) is 1. The van der Waals surface area contributed by atoms with Gasteiger partial charge in [0.1, 0.15) is 17.1 Å². The molecule has 1 N–H and O–H groups in total. The van der Waals surface area contributed by atoms with Gasteiger partial charge in [0.15, 0.2) is 5.13 Å². The van der Waals surface area contributed by atoms with Gasteiger partial charge in [-0.3, -0.25) is 4.79 Å². The summed E-state index contributed by atoms with van der Waals surface area (Å²) < 4.78 is 23.7. The van der Waals surface area contributed by atoms with E-state index < -0.39 is 0 Å². The lowest BCUT2D eigenvalue weighted by atomic mass is 10.1. The van der Waals surface area contributed by atoms with Gasteiger partial charge in [-0.05, 0) is 29.8 Å². The zero-order chi connectivity index (χ0) is 19.5. The summed E-state index contributed by atoms with van der Waals surface area (Å²) >= 11 is 1.40. The zero-order valence-electron chi connectivity index (χ0n) is 15.1.